The number of aromatic nitrogens is 3. The van der Waals surface area contributed by atoms with Gasteiger partial charge in [-0.25, -0.2) is 9.97 Å². The van der Waals surface area contributed by atoms with Crippen LogP contribution < -0.4 is 9.64 Å². The molecule has 1 atom stereocenters. The van der Waals surface area contributed by atoms with E-state index in [1.54, 1.807) is 13.1 Å². The summed E-state index contributed by atoms with van der Waals surface area (Å²) in [5.74, 6) is 1.63. The summed E-state index contributed by atoms with van der Waals surface area (Å²) < 4.78 is 5.93. The molecule has 1 fully saturated rings. The van der Waals surface area contributed by atoms with Gasteiger partial charge in [0.2, 0.25) is 0 Å². The lowest BCUT2D eigenvalue weighted by Gasteiger charge is -2.33. The number of pyridine rings is 1. The molecule has 1 saturated heterocycles. The van der Waals surface area contributed by atoms with Gasteiger partial charge in [0.05, 0.1) is 17.5 Å². The smallest absolute Gasteiger partial charge is 0.172 e. The van der Waals surface area contributed by atoms with Crippen LogP contribution >= 0.6 is 0 Å². The van der Waals surface area contributed by atoms with Crippen LogP contribution in [-0.4, -0.2) is 39.4 Å². The molecule has 1 unspecified atom stereocenters. The van der Waals surface area contributed by atoms with E-state index < -0.39 is 6.10 Å². The monoisotopic (exact) mass is 522 g/mol. The number of hydrogen-bond acceptors (Lipinski definition) is 7. The van der Waals surface area contributed by atoms with Gasteiger partial charge in [-0.2, -0.15) is 0 Å². The molecule has 0 saturated carbocycles. The molecule has 0 bridgehead atoms. The molecule has 39 heavy (non-hydrogen) atoms. The molecule has 0 spiro atoms. The van der Waals surface area contributed by atoms with E-state index in [-0.39, 0.29) is 0 Å². The van der Waals surface area contributed by atoms with Crippen molar-refractivity contribution in [2.75, 3.05) is 18.0 Å². The van der Waals surface area contributed by atoms with Crippen LogP contribution in [0.25, 0.3) is 11.3 Å². The number of piperidine rings is 1. The Morgan fingerprint density at radius 3 is 2.41 bits per heavy atom. The molecule has 0 amide bonds. The number of carbonyl (C=O) groups is 1. The highest BCUT2D eigenvalue weighted by Gasteiger charge is 2.22. The third-order valence-electron chi connectivity index (χ3n) is 7.33. The molecule has 200 valence electrons. The summed E-state index contributed by atoms with van der Waals surface area (Å²) in [5, 5.41) is 9.70. The van der Waals surface area contributed by atoms with Crippen molar-refractivity contribution in [3.63, 3.8) is 0 Å². The van der Waals surface area contributed by atoms with Gasteiger partial charge in [-0.1, -0.05) is 48.5 Å². The first-order chi connectivity index (χ1) is 19.0. The highest BCUT2D eigenvalue weighted by atomic mass is 16.5. The van der Waals surface area contributed by atoms with Gasteiger partial charge in [0.1, 0.15) is 18.1 Å². The minimum atomic E-state index is -0.516. The molecule has 1 aliphatic heterocycles. The fourth-order valence-electron chi connectivity index (χ4n) is 5.04. The molecular formula is C32H34N4O3. The first kappa shape index (κ1) is 26.5. The second-order valence-electron chi connectivity index (χ2n) is 10.2. The van der Waals surface area contributed by atoms with Crippen LogP contribution in [0.15, 0.2) is 72.9 Å². The molecule has 2 aromatic carbocycles. The van der Waals surface area contributed by atoms with E-state index in [0.29, 0.717) is 35.5 Å². The average molecular weight is 523 g/mol. The van der Waals surface area contributed by atoms with E-state index in [2.05, 4.69) is 39.1 Å². The number of aliphatic hydroxyl groups is 1. The number of nitrogens with zero attached hydrogens (tertiary/aromatic N) is 4. The van der Waals surface area contributed by atoms with Gasteiger partial charge in [-0.15, -0.1) is 0 Å². The van der Waals surface area contributed by atoms with Crippen molar-refractivity contribution in [3.8, 4) is 17.0 Å². The molecule has 1 N–H and O–H groups in total. The van der Waals surface area contributed by atoms with Crippen LogP contribution in [-0.2, 0) is 13.0 Å². The summed E-state index contributed by atoms with van der Waals surface area (Å²) >= 11 is 0. The van der Waals surface area contributed by atoms with Crippen molar-refractivity contribution >= 4 is 12.0 Å². The molecule has 7 nitrogen and oxygen atoms in total. The highest BCUT2D eigenvalue weighted by molar-refractivity contribution is 5.76. The zero-order valence-electron chi connectivity index (χ0n) is 22.5. The normalized spacial score (nSPS) is 14.7. The van der Waals surface area contributed by atoms with Crippen LogP contribution in [0.5, 0.6) is 5.75 Å². The molecule has 0 radical (unpaired) electrons. The fourth-order valence-corrected chi connectivity index (χ4v) is 5.04. The Balaban J connectivity index is 1.17. The SMILES string of the molecule is Cc1nc(CC2CCN(c3ccc(-c4ccc(C(C)O)cn4)cc3)CC2)nc(C=O)c1OCc1ccccc1. The third-order valence-corrected chi connectivity index (χ3v) is 7.33. The minimum Gasteiger partial charge on any atom is -0.485 e. The molecule has 5 rings (SSSR count). The molecular weight excluding hydrogens is 488 g/mol. The van der Waals surface area contributed by atoms with Gasteiger partial charge < -0.3 is 14.7 Å². The maximum atomic E-state index is 11.8. The Hall–Kier alpha value is -4.10. The largest absolute Gasteiger partial charge is 0.485 e. The second kappa shape index (κ2) is 12.2. The van der Waals surface area contributed by atoms with Crippen LogP contribution in [0.2, 0.25) is 0 Å². The number of anilines is 1. The Labute approximate surface area is 229 Å². The summed E-state index contributed by atoms with van der Waals surface area (Å²) in [4.78, 5) is 27.9. The number of hydrogen-bond donors (Lipinski definition) is 1. The van der Waals surface area contributed by atoms with E-state index in [9.17, 15) is 9.90 Å². The van der Waals surface area contributed by atoms with Gasteiger partial charge in [0.15, 0.2) is 12.0 Å². The topological polar surface area (TPSA) is 88.4 Å². The third kappa shape index (κ3) is 6.49. The van der Waals surface area contributed by atoms with E-state index in [1.165, 1.54) is 5.69 Å². The zero-order chi connectivity index (χ0) is 27.2. The van der Waals surface area contributed by atoms with Crippen molar-refractivity contribution in [1.29, 1.82) is 0 Å². The number of aldehydes is 1. The lowest BCUT2D eigenvalue weighted by molar-refractivity contribution is 0.111. The van der Waals surface area contributed by atoms with Crippen molar-refractivity contribution < 1.29 is 14.6 Å². The van der Waals surface area contributed by atoms with Gasteiger partial charge in [-0.3, -0.25) is 9.78 Å². The molecule has 4 aromatic rings. The Morgan fingerprint density at radius 1 is 1.03 bits per heavy atom. The summed E-state index contributed by atoms with van der Waals surface area (Å²) in [7, 11) is 0. The van der Waals surface area contributed by atoms with Crippen molar-refractivity contribution in [2.24, 2.45) is 5.92 Å². The fraction of sp³-hybridized carbons (Fsp3) is 0.312. The first-order valence-electron chi connectivity index (χ1n) is 13.5. The minimum absolute atomic E-state index is 0.320. The van der Waals surface area contributed by atoms with E-state index in [1.807, 2.05) is 49.4 Å². The zero-order valence-corrected chi connectivity index (χ0v) is 22.5. The number of ether oxygens (including phenoxy) is 1. The summed E-state index contributed by atoms with van der Waals surface area (Å²) in [6, 6.07) is 22.2. The molecule has 0 aliphatic carbocycles. The van der Waals surface area contributed by atoms with Gasteiger partial charge in [0, 0.05) is 37.0 Å². The first-order valence-corrected chi connectivity index (χ1v) is 13.5. The van der Waals surface area contributed by atoms with Crippen molar-refractivity contribution in [3.05, 3.63) is 101 Å². The molecule has 2 aromatic heterocycles. The van der Waals surface area contributed by atoms with Gasteiger partial charge in [0.25, 0.3) is 0 Å². The maximum Gasteiger partial charge on any atom is 0.172 e. The predicted octanol–water partition coefficient (Wildman–Crippen LogP) is 5.75. The lowest BCUT2D eigenvalue weighted by atomic mass is 9.92. The van der Waals surface area contributed by atoms with Gasteiger partial charge >= 0.3 is 0 Å². The Bertz CT molecular complexity index is 1380. The van der Waals surface area contributed by atoms with Crippen molar-refractivity contribution in [1.82, 2.24) is 15.0 Å². The molecule has 7 heteroatoms. The van der Waals surface area contributed by atoms with E-state index >= 15 is 0 Å². The van der Waals surface area contributed by atoms with Crippen LogP contribution in [0, 0.1) is 12.8 Å². The van der Waals surface area contributed by atoms with E-state index in [4.69, 9.17) is 9.72 Å². The number of aryl methyl sites for hydroxylation is 1. The summed E-state index contributed by atoms with van der Waals surface area (Å²) in [5.41, 5.74) is 6.02. The van der Waals surface area contributed by atoms with E-state index in [0.717, 1.165) is 61.0 Å². The Kier molecular flexibility index (Phi) is 8.27. The summed E-state index contributed by atoms with van der Waals surface area (Å²) in [6.07, 6.45) is 4.80. The standard InChI is InChI=1S/C32H34N4O3/c1-22-32(39-21-25-6-4-3-5-7-25)30(20-37)35-31(34-22)18-24-14-16-36(17-15-24)28-11-8-26(9-12-28)29-13-10-27(19-33-29)23(2)38/h3-13,19-20,23-24,38H,14-18,21H2,1-2H3. The predicted molar refractivity (Wildman–Crippen MR) is 152 cm³/mol. The Morgan fingerprint density at radius 2 is 1.77 bits per heavy atom. The summed E-state index contributed by atoms with van der Waals surface area (Å²) in [6.45, 7) is 5.91. The average Bonchev–Trinajstić information content (AvgIpc) is 2.97. The van der Waals surface area contributed by atoms with Gasteiger partial charge in [-0.05, 0) is 61.9 Å². The molecule has 3 heterocycles. The van der Waals surface area contributed by atoms with Crippen LogP contribution in [0.1, 0.15) is 59.0 Å². The second-order valence-corrected chi connectivity index (χ2v) is 10.2. The lowest BCUT2D eigenvalue weighted by Crippen LogP contribution is -2.34. The number of rotatable bonds is 9. The van der Waals surface area contributed by atoms with Crippen LogP contribution in [0.4, 0.5) is 5.69 Å². The maximum absolute atomic E-state index is 11.8. The number of aliphatic hydroxyl groups excluding tert-OH is 1. The quantitative estimate of drug-likeness (QED) is 0.280. The highest BCUT2D eigenvalue weighted by Crippen LogP contribution is 2.29. The molecule has 1 aliphatic rings. The number of benzene rings is 2. The van der Waals surface area contributed by atoms with Crippen LogP contribution in [0.3, 0.4) is 0 Å². The number of carbonyl (C=O) groups excluding carboxylic acids is 1. The van der Waals surface area contributed by atoms with Crippen molar-refractivity contribution in [2.45, 2.75) is 45.8 Å².